The van der Waals surface area contributed by atoms with Crippen molar-refractivity contribution in [2.45, 2.75) is 19.0 Å². The van der Waals surface area contributed by atoms with E-state index in [1.807, 2.05) is 25.1 Å². The summed E-state index contributed by atoms with van der Waals surface area (Å²) in [5.74, 6) is -0.340. The Labute approximate surface area is 126 Å². The summed E-state index contributed by atoms with van der Waals surface area (Å²) in [7, 11) is 1.38. The number of hydrogen-bond acceptors (Lipinski definition) is 5. The first kappa shape index (κ1) is 15.0. The van der Waals surface area contributed by atoms with Crippen molar-refractivity contribution in [3.05, 3.63) is 51.4 Å². The number of thiophene rings is 1. The molecule has 0 amide bonds. The topological polar surface area (TPSA) is 51.2 Å². The van der Waals surface area contributed by atoms with Crippen molar-refractivity contribution in [3.63, 3.8) is 0 Å². The van der Waals surface area contributed by atoms with Gasteiger partial charge in [-0.2, -0.15) is 0 Å². The van der Waals surface area contributed by atoms with Crippen LogP contribution in [0.1, 0.15) is 29.4 Å². The van der Waals surface area contributed by atoms with Crippen molar-refractivity contribution >= 4 is 28.9 Å². The molecule has 0 saturated heterocycles. The lowest BCUT2D eigenvalue weighted by molar-refractivity contribution is -0.143. The van der Waals surface area contributed by atoms with Crippen LogP contribution in [0.25, 0.3) is 0 Å². The molecule has 0 saturated carbocycles. The molecular weight excluding hydrogens is 296 g/mol. The molecule has 0 unspecified atom stereocenters. The summed E-state index contributed by atoms with van der Waals surface area (Å²) in [6.45, 7) is 1.98. The van der Waals surface area contributed by atoms with Crippen LogP contribution < -0.4 is 5.32 Å². The van der Waals surface area contributed by atoms with Gasteiger partial charge >= 0.3 is 5.97 Å². The second kappa shape index (κ2) is 6.83. The summed E-state index contributed by atoms with van der Waals surface area (Å²) in [5, 5.41) is 3.25. The van der Waals surface area contributed by atoms with E-state index in [2.05, 4.69) is 10.3 Å². The Morgan fingerprint density at radius 1 is 1.45 bits per heavy atom. The van der Waals surface area contributed by atoms with Gasteiger partial charge in [0.25, 0.3) is 0 Å². The molecule has 2 rings (SSSR count). The van der Waals surface area contributed by atoms with Crippen LogP contribution >= 0.6 is 22.9 Å². The molecule has 0 aliphatic carbocycles. The van der Waals surface area contributed by atoms with E-state index in [9.17, 15) is 4.79 Å². The number of carbonyl (C=O) groups is 1. The number of nitrogens with zero attached hydrogens (tertiary/aromatic N) is 1. The van der Waals surface area contributed by atoms with Crippen LogP contribution in [0.5, 0.6) is 0 Å². The first-order valence-electron chi connectivity index (χ1n) is 6.11. The molecule has 2 heterocycles. The Morgan fingerprint density at radius 2 is 2.25 bits per heavy atom. The average Bonchev–Trinajstić information content (AvgIpc) is 2.91. The molecule has 0 aromatic carbocycles. The van der Waals surface area contributed by atoms with Gasteiger partial charge in [-0.05, 0) is 30.7 Å². The molecule has 0 aliphatic heterocycles. The van der Waals surface area contributed by atoms with Gasteiger partial charge in [0.2, 0.25) is 0 Å². The quantitative estimate of drug-likeness (QED) is 0.860. The van der Waals surface area contributed by atoms with Gasteiger partial charge in [-0.3, -0.25) is 10.3 Å². The second-order valence-electron chi connectivity index (χ2n) is 4.27. The zero-order valence-electron chi connectivity index (χ0n) is 11.2. The average molecular weight is 311 g/mol. The summed E-state index contributed by atoms with van der Waals surface area (Å²) in [6, 6.07) is 6.86. The highest BCUT2D eigenvalue weighted by Gasteiger charge is 2.24. The molecule has 1 N–H and O–H groups in total. The van der Waals surface area contributed by atoms with Crippen molar-refractivity contribution in [1.82, 2.24) is 10.3 Å². The molecule has 0 spiro atoms. The number of ether oxygens (including phenoxy) is 1. The summed E-state index contributed by atoms with van der Waals surface area (Å²) < 4.78 is 5.58. The minimum atomic E-state index is -0.551. The van der Waals surface area contributed by atoms with Crippen LogP contribution in [0.15, 0.2) is 36.7 Å². The third kappa shape index (κ3) is 3.56. The molecule has 4 nitrogen and oxygen atoms in total. The zero-order valence-corrected chi connectivity index (χ0v) is 12.7. The number of esters is 1. The first-order valence-corrected chi connectivity index (χ1v) is 7.30. The Hall–Kier alpha value is -1.43. The van der Waals surface area contributed by atoms with Crippen LogP contribution in [0, 0.1) is 0 Å². The van der Waals surface area contributed by atoms with E-state index in [4.69, 9.17) is 16.3 Å². The highest BCUT2D eigenvalue weighted by atomic mass is 35.5. The molecule has 2 aromatic rings. The van der Waals surface area contributed by atoms with Gasteiger partial charge in [0, 0.05) is 23.3 Å². The predicted octanol–water partition coefficient (Wildman–Crippen LogP) is 3.36. The molecule has 2 aromatic heterocycles. The number of methoxy groups -OCH3 is 1. The summed E-state index contributed by atoms with van der Waals surface area (Å²) in [5.41, 5.74) is 0.772. The van der Waals surface area contributed by atoms with Crippen LogP contribution in [-0.4, -0.2) is 18.1 Å². The van der Waals surface area contributed by atoms with Crippen molar-refractivity contribution in [3.8, 4) is 0 Å². The summed E-state index contributed by atoms with van der Waals surface area (Å²) >= 11 is 7.42. The summed E-state index contributed by atoms with van der Waals surface area (Å²) in [4.78, 5) is 17.1. The fraction of sp³-hybridized carbons (Fsp3) is 0.286. The summed E-state index contributed by atoms with van der Waals surface area (Å²) in [6.07, 6.45) is 3.32. The van der Waals surface area contributed by atoms with Crippen molar-refractivity contribution < 1.29 is 9.53 Å². The Bertz CT molecular complexity index is 574. The third-order valence-electron chi connectivity index (χ3n) is 2.89. The van der Waals surface area contributed by atoms with E-state index in [1.165, 1.54) is 18.4 Å². The Balaban J connectivity index is 2.18. The fourth-order valence-electron chi connectivity index (χ4n) is 1.86. The molecule has 0 bridgehead atoms. The number of nitrogens with one attached hydrogen (secondary N) is 1. The van der Waals surface area contributed by atoms with E-state index in [0.717, 1.165) is 14.8 Å². The standard InChI is InChI=1S/C14H15ClN2O2S/c1-9(11-5-6-12(15)20-11)17-13(14(18)19-2)10-4-3-7-16-8-10/h3-9,13,17H,1-2H3/t9-,13+/m1/s1. The molecule has 20 heavy (non-hydrogen) atoms. The second-order valence-corrected chi connectivity index (χ2v) is 6.02. The monoisotopic (exact) mass is 310 g/mol. The lowest BCUT2D eigenvalue weighted by Crippen LogP contribution is -2.31. The largest absolute Gasteiger partial charge is 0.468 e. The molecule has 6 heteroatoms. The minimum absolute atomic E-state index is 0.0168. The lowest BCUT2D eigenvalue weighted by atomic mass is 10.1. The molecule has 2 atom stereocenters. The number of hydrogen-bond donors (Lipinski definition) is 1. The van der Waals surface area contributed by atoms with Crippen LogP contribution in [0.2, 0.25) is 4.34 Å². The maximum absolute atomic E-state index is 11.9. The van der Waals surface area contributed by atoms with E-state index in [1.54, 1.807) is 18.5 Å². The number of rotatable bonds is 5. The van der Waals surface area contributed by atoms with Crippen LogP contribution in [0.4, 0.5) is 0 Å². The third-order valence-corrected chi connectivity index (χ3v) is 4.31. The number of carbonyl (C=O) groups excluding carboxylic acids is 1. The SMILES string of the molecule is COC(=O)[C@@H](N[C@H](C)c1ccc(Cl)s1)c1cccnc1. The first-order chi connectivity index (χ1) is 9.61. The van der Waals surface area contributed by atoms with Crippen molar-refractivity contribution in [1.29, 1.82) is 0 Å². The van der Waals surface area contributed by atoms with E-state index >= 15 is 0 Å². The molecular formula is C14H15ClN2O2S. The number of halogens is 1. The zero-order chi connectivity index (χ0) is 14.5. The van der Waals surface area contributed by atoms with Crippen molar-refractivity contribution in [2.24, 2.45) is 0 Å². The van der Waals surface area contributed by atoms with Crippen LogP contribution in [0.3, 0.4) is 0 Å². The smallest absolute Gasteiger partial charge is 0.327 e. The molecule has 0 aliphatic rings. The maximum atomic E-state index is 11.9. The van der Waals surface area contributed by atoms with Gasteiger partial charge in [-0.25, -0.2) is 4.79 Å². The highest BCUT2D eigenvalue weighted by molar-refractivity contribution is 7.16. The highest BCUT2D eigenvalue weighted by Crippen LogP contribution is 2.28. The van der Waals surface area contributed by atoms with E-state index in [0.29, 0.717) is 0 Å². The van der Waals surface area contributed by atoms with Crippen LogP contribution in [-0.2, 0) is 9.53 Å². The van der Waals surface area contributed by atoms with E-state index < -0.39 is 6.04 Å². The number of aromatic nitrogens is 1. The van der Waals surface area contributed by atoms with E-state index in [-0.39, 0.29) is 12.0 Å². The van der Waals surface area contributed by atoms with Gasteiger partial charge < -0.3 is 4.74 Å². The Morgan fingerprint density at radius 3 is 2.80 bits per heavy atom. The predicted molar refractivity (Wildman–Crippen MR) is 79.9 cm³/mol. The van der Waals surface area contributed by atoms with Gasteiger partial charge in [-0.15, -0.1) is 11.3 Å². The molecule has 0 fully saturated rings. The normalized spacial score (nSPS) is 13.8. The maximum Gasteiger partial charge on any atom is 0.327 e. The van der Waals surface area contributed by atoms with Gasteiger partial charge in [0.05, 0.1) is 11.4 Å². The molecule has 106 valence electrons. The van der Waals surface area contributed by atoms with Crippen molar-refractivity contribution in [2.75, 3.05) is 7.11 Å². The molecule has 0 radical (unpaired) electrons. The van der Waals surface area contributed by atoms with Gasteiger partial charge in [-0.1, -0.05) is 17.7 Å². The fourth-order valence-corrected chi connectivity index (χ4v) is 2.93. The van der Waals surface area contributed by atoms with Gasteiger partial charge in [0.1, 0.15) is 6.04 Å². The Kier molecular flexibility index (Phi) is 5.11. The van der Waals surface area contributed by atoms with Gasteiger partial charge in [0.15, 0.2) is 0 Å². The minimum Gasteiger partial charge on any atom is -0.468 e. The number of pyridine rings is 1. The lowest BCUT2D eigenvalue weighted by Gasteiger charge is -2.20.